The van der Waals surface area contributed by atoms with Crippen LogP contribution in [0.15, 0.2) is 60.7 Å². The molecule has 1 aliphatic heterocycles. The molecule has 0 radical (unpaired) electrons. The zero-order chi connectivity index (χ0) is 18.5. The minimum atomic E-state index is -1.11. The largest absolute Gasteiger partial charge is 0.452 e. The predicted octanol–water partition coefficient (Wildman–Crippen LogP) is 2.22. The fourth-order valence-corrected chi connectivity index (χ4v) is 2.72. The van der Waals surface area contributed by atoms with Gasteiger partial charge in [-0.05, 0) is 31.2 Å². The van der Waals surface area contributed by atoms with E-state index in [9.17, 15) is 14.7 Å². The van der Waals surface area contributed by atoms with Crippen LogP contribution >= 0.6 is 0 Å². The molecular formula is C20H20O6. The Labute approximate surface area is 151 Å². The lowest BCUT2D eigenvalue weighted by Crippen LogP contribution is -2.55. The smallest absolute Gasteiger partial charge is 0.338 e. The van der Waals surface area contributed by atoms with Gasteiger partial charge < -0.3 is 19.3 Å². The van der Waals surface area contributed by atoms with Crippen LogP contribution in [0.25, 0.3) is 0 Å². The average molecular weight is 356 g/mol. The molecule has 0 aromatic heterocycles. The molecule has 1 heterocycles. The van der Waals surface area contributed by atoms with Gasteiger partial charge in [-0.2, -0.15) is 0 Å². The van der Waals surface area contributed by atoms with Crippen molar-refractivity contribution in [2.24, 2.45) is 0 Å². The maximum absolute atomic E-state index is 12.4. The van der Waals surface area contributed by atoms with Gasteiger partial charge >= 0.3 is 11.9 Å². The number of esters is 2. The standard InChI is InChI=1S/C20H20O6/c1-13-17(21)18(26-20(23)15-10-6-3-7-11-15)16(12-24-13)25-19(22)14-8-4-2-5-9-14/h2-11,13,16-18,21H,12H2,1H3/t13-,16+,17+,18-/m1/s1. The monoisotopic (exact) mass is 356 g/mol. The second kappa shape index (κ2) is 8.12. The highest BCUT2D eigenvalue weighted by molar-refractivity contribution is 5.90. The Kier molecular flexibility index (Phi) is 5.65. The maximum Gasteiger partial charge on any atom is 0.338 e. The minimum Gasteiger partial charge on any atom is -0.452 e. The van der Waals surface area contributed by atoms with Crippen LogP contribution in [0.1, 0.15) is 27.6 Å². The van der Waals surface area contributed by atoms with Gasteiger partial charge in [-0.15, -0.1) is 0 Å². The topological polar surface area (TPSA) is 82.1 Å². The quantitative estimate of drug-likeness (QED) is 0.846. The van der Waals surface area contributed by atoms with E-state index >= 15 is 0 Å². The molecule has 3 rings (SSSR count). The normalized spacial score (nSPS) is 25.3. The summed E-state index contributed by atoms with van der Waals surface area (Å²) in [5.74, 6) is -1.16. The molecule has 1 saturated heterocycles. The Morgan fingerprint density at radius 1 is 0.923 bits per heavy atom. The fourth-order valence-electron chi connectivity index (χ4n) is 2.72. The van der Waals surface area contributed by atoms with Crippen LogP contribution in [-0.2, 0) is 14.2 Å². The highest BCUT2D eigenvalue weighted by Crippen LogP contribution is 2.23. The number of hydrogen-bond acceptors (Lipinski definition) is 6. The van der Waals surface area contributed by atoms with Gasteiger partial charge in [-0.3, -0.25) is 0 Å². The molecule has 2 aromatic carbocycles. The number of hydrogen-bond donors (Lipinski definition) is 1. The highest BCUT2D eigenvalue weighted by atomic mass is 16.6. The van der Waals surface area contributed by atoms with Gasteiger partial charge in [0.2, 0.25) is 0 Å². The first-order valence-electron chi connectivity index (χ1n) is 8.38. The predicted molar refractivity (Wildman–Crippen MR) is 92.7 cm³/mol. The van der Waals surface area contributed by atoms with E-state index in [-0.39, 0.29) is 6.61 Å². The summed E-state index contributed by atoms with van der Waals surface area (Å²) >= 11 is 0. The Bertz CT molecular complexity index is 745. The van der Waals surface area contributed by atoms with Crippen LogP contribution in [-0.4, -0.2) is 48.1 Å². The highest BCUT2D eigenvalue weighted by Gasteiger charge is 2.42. The molecule has 6 nitrogen and oxygen atoms in total. The third-order valence-electron chi connectivity index (χ3n) is 4.23. The first kappa shape index (κ1) is 18.1. The molecule has 2 aromatic rings. The number of carbonyl (C=O) groups is 2. The van der Waals surface area contributed by atoms with Gasteiger partial charge in [0.25, 0.3) is 0 Å². The zero-order valence-electron chi connectivity index (χ0n) is 14.3. The second-order valence-corrected chi connectivity index (χ2v) is 6.07. The maximum atomic E-state index is 12.4. The Morgan fingerprint density at radius 2 is 1.42 bits per heavy atom. The third kappa shape index (κ3) is 4.09. The number of benzene rings is 2. The minimum absolute atomic E-state index is 0.0313. The van der Waals surface area contributed by atoms with E-state index in [4.69, 9.17) is 14.2 Å². The van der Waals surface area contributed by atoms with Crippen molar-refractivity contribution in [1.82, 2.24) is 0 Å². The summed E-state index contributed by atoms with van der Waals surface area (Å²) in [5.41, 5.74) is 0.723. The molecule has 0 unspecified atom stereocenters. The molecule has 0 amide bonds. The lowest BCUT2D eigenvalue weighted by molar-refractivity contribution is -0.183. The zero-order valence-corrected chi connectivity index (χ0v) is 14.3. The summed E-state index contributed by atoms with van der Waals surface area (Å²) in [5, 5.41) is 10.4. The van der Waals surface area contributed by atoms with Crippen molar-refractivity contribution >= 4 is 11.9 Å². The Morgan fingerprint density at radius 3 is 1.96 bits per heavy atom. The first-order chi connectivity index (χ1) is 12.6. The number of aliphatic hydroxyl groups excluding tert-OH is 1. The van der Waals surface area contributed by atoms with Crippen molar-refractivity contribution in [3.8, 4) is 0 Å². The molecule has 0 bridgehead atoms. The van der Waals surface area contributed by atoms with Gasteiger partial charge in [0.05, 0.1) is 23.8 Å². The number of carbonyl (C=O) groups excluding carboxylic acids is 2. The van der Waals surface area contributed by atoms with Crippen molar-refractivity contribution in [2.75, 3.05) is 6.61 Å². The molecule has 26 heavy (non-hydrogen) atoms. The molecule has 0 spiro atoms. The molecule has 0 aliphatic carbocycles. The fraction of sp³-hybridized carbons (Fsp3) is 0.300. The second-order valence-electron chi connectivity index (χ2n) is 6.07. The molecule has 6 heteroatoms. The number of aliphatic hydroxyl groups is 1. The molecule has 1 N–H and O–H groups in total. The van der Waals surface area contributed by atoms with E-state index in [1.165, 1.54) is 0 Å². The van der Waals surface area contributed by atoms with Crippen molar-refractivity contribution in [3.05, 3.63) is 71.8 Å². The summed E-state index contributed by atoms with van der Waals surface area (Å²) in [6.07, 6.45) is -3.57. The van der Waals surface area contributed by atoms with Crippen LogP contribution in [0.5, 0.6) is 0 Å². The number of rotatable bonds is 4. The average Bonchev–Trinajstić information content (AvgIpc) is 2.68. The van der Waals surface area contributed by atoms with Gasteiger partial charge in [0.1, 0.15) is 6.10 Å². The lowest BCUT2D eigenvalue weighted by atomic mass is 10.0. The van der Waals surface area contributed by atoms with Crippen molar-refractivity contribution in [3.63, 3.8) is 0 Å². The van der Waals surface area contributed by atoms with Crippen molar-refractivity contribution < 1.29 is 28.9 Å². The van der Waals surface area contributed by atoms with Crippen molar-refractivity contribution in [2.45, 2.75) is 31.3 Å². The SMILES string of the molecule is C[C@H]1OC[C@H](OC(=O)c2ccccc2)[C@@H](OC(=O)c2ccccc2)[C@H]1O. The van der Waals surface area contributed by atoms with Crippen molar-refractivity contribution in [1.29, 1.82) is 0 Å². The van der Waals surface area contributed by atoms with Crippen LogP contribution in [0.4, 0.5) is 0 Å². The summed E-state index contributed by atoms with van der Waals surface area (Å²) in [6.45, 7) is 1.70. The summed E-state index contributed by atoms with van der Waals surface area (Å²) in [7, 11) is 0. The third-order valence-corrected chi connectivity index (χ3v) is 4.23. The molecular weight excluding hydrogens is 336 g/mol. The summed E-state index contributed by atoms with van der Waals surface area (Å²) in [4.78, 5) is 24.7. The Balaban J connectivity index is 1.74. The van der Waals surface area contributed by atoms with E-state index in [2.05, 4.69) is 0 Å². The van der Waals surface area contributed by atoms with Crippen LogP contribution in [0.3, 0.4) is 0 Å². The van der Waals surface area contributed by atoms with E-state index in [0.717, 1.165) is 0 Å². The molecule has 136 valence electrons. The van der Waals surface area contributed by atoms with E-state index < -0.39 is 36.4 Å². The molecule has 0 saturated carbocycles. The van der Waals surface area contributed by atoms with Gasteiger partial charge in [0, 0.05) is 0 Å². The van der Waals surface area contributed by atoms with Crippen LogP contribution < -0.4 is 0 Å². The number of ether oxygens (including phenoxy) is 3. The molecule has 1 aliphatic rings. The van der Waals surface area contributed by atoms with Crippen LogP contribution in [0.2, 0.25) is 0 Å². The lowest BCUT2D eigenvalue weighted by Gasteiger charge is -2.37. The van der Waals surface area contributed by atoms with Gasteiger partial charge in [-0.25, -0.2) is 9.59 Å². The van der Waals surface area contributed by atoms with E-state index in [1.54, 1.807) is 67.6 Å². The Hall–Kier alpha value is -2.70. The van der Waals surface area contributed by atoms with Crippen LogP contribution in [0, 0.1) is 0 Å². The first-order valence-corrected chi connectivity index (χ1v) is 8.38. The van der Waals surface area contributed by atoms with Gasteiger partial charge in [-0.1, -0.05) is 36.4 Å². The summed E-state index contributed by atoms with van der Waals surface area (Å²) < 4.78 is 16.3. The van der Waals surface area contributed by atoms with E-state index in [0.29, 0.717) is 11.1 Å². The summed E-state index contributed by atoms with van der Waals surface area (Å²) in [6, 6.07) is 16.9. The molecule has 4 atom stereocenters. The van der Waals surface area contributed by atoms with Gasteiger partial charge in [0.15, 0.2) is 12.2 Å². The van der Waals surface area contributed by atoms with E-state index in [1.807, 2.05) is 0 Å². The molecule has 1 fully saturated rings.